The zero-order valence-electron chi connectivity index (χ0n) is 15.3. The van der Waals surface area contributed by atoms with Crippen LogP contribution in [0.15, 0.2) is 53.7 Å². The smallest absolute Gasteiger partial charge is 0.181 e. The molecular formula is C20H14N8S. The number of imidazole rings is 1. The Morgan fingerprint density at radius 2 is 2.00 bits per heavy atom. The van der Waals surface area contributed by atoms with E-state index in [0.29, 0.717) is 17.1 Å². The van der Waals surface area contributed by atoms with E-state index in [2.05, 4.69) is 53.1 Å². The van der Waals surface area contributed by atoms with E-state index in [-0.39, 0.29) is 0 Å². The van der Waals surface area contributed by atoms with E-state index in [4.69, 9.17) is 4.98 Å². The lowest BCUT2D eigenvalue weighted by Crippen LogP contribution is -1.85. The lowest BCUT2D eigenvalue weighted by Gasteiger charge is -1.99. The zero-order valence-corrected chi connectivity index (χ0v) is 16.1. The molecule has 6 aromatic rings. The van der Waals surface area contributed by atoms with Gasteiger partial charge in [0.05, 0.1) is 17.1 Å². The maximum Gasteiger partial charge on any atom is 0.181 e. The third-order valence-corrected chi connectivity index (χ3v) is 5.59. The third-order valence-electron chi connectivity index (χ3n) is 4.91. The summed E-state index contributed by atoms with van der Waals surface area (Å²) >= 11 is 1.66. The van der Waals surface area contributed by atoms with Crippen molar-refractivity contribution in [2.24, 2.45) is 7.05 Å². The highest BCUT2D eigenvalue weighted by Crippen LogP contribution is 2.32. The maximum absolute atomic E-state index is 4.70. The Hall–Kier alpha value is -3.85. The second-order valence-corrected chi connectivity index (χ2v) is 7.53. The minimum absolute atomic E-state index is 0.638. The van der Waals surface area contributed by atoms with Gasteiger partial charge in [0, 0.05) is 42.3 Å². The first-order chi connectivity index (χ1) is 14.3. The van der Waals surface area contributed by atoms with Gasteiger partial charge in [-0.1, -0.05) is 0 Å². The number of H-pyrrole nitrogens is 2. The molecule has 0 unspecified atom stereocenters. The molecule has 2 N–H and O–H groups in total. The monoisotopic (exact) mass is 398 g/mol. The summed E-state index contributed by atoms with van der Waals surface area (Å²) < 4.78 is 1.77. The molecule has 9 heteroatoms. The Bertz CT molecular complexity index is 1470. The van der Waals surface area contributed by atoms with Crippen LogP contribution >= 0.6 is 11.3 Å². The predicted molar refractivity (Wildman–Crippen MR) is 112 cm³/mol. The van der Waals surface area contributed by atoms with Crippen LogP contribution in [-0.2, 0) is 7.05 Å². The minimum Gasteiger partial charge on any atom is -0.335 e. The zero-order chi connectivity index (χ0) is 19.4. The highest BCUT2D eigenvalue weighted by Gasteiger charge is 2.16. The fraction of sp³-hybridized carbons (Fsp3) is 0.0500. The molecule has 0 saturated carbocycles. The number of pyridine rings is 2. The first-order valence-electron chi connectivity index (χ1n) is 8.97. The molecule has 6 heterocycles. The molecule has 0 saturated heterocycles. The molecule has 0 aromatic carbocycles. The fourth-order valence-electron chi connectivity index (χ4n) is 3.50. The number of hydrogen-bond acceptors (Lipinski definition) is 6. The molecule has 0 atom stereocenters. The van der Waals surface area contributed by atoms with Crippen molar-refractivity contribution in [1.29, 1.82) is 0 Å². The summed E-state index contributed by atoms with van der Waals surface area (Å²) in [5, 5.41) is 16.7. The van der Waals surface area contributed by atoms with Crippen molar-refractivity contribution in [2.75, 3.05) is 0 Å². The minimum atomic E-state index is 0.638. The highest BCUT2D eigenvalue weighted by molar-refractivity contribution is 7.08. The quantitative estimate of drug-likeness (QED) is 0.469. The average molecular weight is 398 g/mol. The Morgan fingerprint density at radius 3 is 2.83 bits per heavy atom. The van der Waals surface area contributed by atoms with E-state index in [9.17, 15) is 0 Å². The second kappa shape index (κ2) is 6.08. The molecule has 0 amide bonds. The van der Waals surface area contributed by atoms with Crippen LogP contribution in [0.2, 0.25) is 0 Å². The topological polar surface area (TPSA) is 101 Å². The lowest BCUT2D eigenvalue weighted by atomic mass is 10.1. The number of aryl methyl sites for hydroxylation is 1. The standard InChI is InChI=1S/C20H14N8S/c1-28-9-13(8-23-28)12-6-15-17(26-27-18(15)22-7-12)20-24-16-14(11-3-5-29-10-11)2-4-21-19(16)25-20/h2-10H,1H3,(H,21,24,25)(H,22,26,27). The number of thiophene rings is 1. The van der Waals surface area contributed by atoms with E-state index >= 15 is 0 Å². The lowest BCUT2D eigenvalue weighted by molar-refractivity contribution is 0.768. The summed E-state index contributed by atoms with van der Waals surface area (Å²) in [6, 6.07) is 6.15. The Morgan fingerprint density at radius 1 is 1.03 bits per heavy atom. The van der Waals surface area contributed by atoms with Crippen LogP contribution in [0, 0.1) is 0 Å². The predicted octanol–water partition coefficient (Wildman–Crippen LogP) is 4.03. The number of hydrogen-bond donors (Lipinski definition) is 2. The van der Waals surface area contributed by atoms with Gasteiger partial charge in [-0.2, -0.15) is 21.5 Å². The normalized spacial score (nSPS) is 11.6. The van der Waals surface area contributed by atoms with Crippen molar-refractivity contribution in [3.05, 3.63) is 53.7 Å². The number of aromatic amines is 2. The van der Waals surface area contributed by atoms with E-state index in [1.165, 1.54) is 0 Å². The number of fused-ring (bicyclic) bond motifs is 2. The first kappa shape index (κ1) is 16.1. The first-order valence-corrected chi connectivity index (χ1v) is 9.91. The molecule has 0 radical (unpaired) electrons. The van der Waals surface area contributed by atoms with Crippen LogP contribution in [0.5, 0.6) is 0 Å². The van der Waals surface area contributed by atoms with Crippen LogP contribution in [0.4, 0.5) is 0 Å². The summed E-state index contributed by atoms with van der Waals surface area (Å²) in [7, 11) is 1.89. The molecule has 8 nitrogen and oxygen atoms in total. The maximum atomic E-state index is 4.70. The molecule has 6 aromatic heterocycles. The molecule has 140 valence electrons. The van der Waals surface area contributed by atoms with Crippen molar-refractivity contribution < 1.29 is 0 Å². The van der Waals surface area contributed by atoms with Gasteiger partial charge in [-0.25, -0.2) is 15.0 Å². The summed E-state index contributed by atoms with van der Waals surface area (Å²) in [6.07, 6.45) is 7.37. The molecule has 0 spiro atoms. The average Bonchev–Trinajstić information content (AvgIpc) is 3.51. The van der Waals surface area contributed by atoms with Crippen molar-refractivity contribution in [2.45, 2.75) is 0 Å². The van der Waals surface area contributed by atoms with E-state index < -0.39 is 0 Å². The van der Waals surface area contributed by atoms with Gasteiger partial charge in [-0.3, -0.25) is 9.78 Å². The molecule has 0 bridgehead atoms. The largest absolute Gasteiger partial charge is 0.335 e. The van der Waals surface area contributed by atoms with Crippen molar-refractivity contribution in [3.8, 4) is 33.8 Å². The number of aromatic nitrogens is 8. The van der Waals surface area contributed by atoms with E-state index in [0.717, 1.165) is 38.9 Å². The molecule has 6 rings (SSSR count). The molecular weight excluding hydrogens is 384 g/mol. The number of nitrogens with one attached hydrogen (secondary N) is 2. The van der Waals surface area contributed by atoms with Crippen LogP contribution in [-0.4, -0.2) is 39.9 Å². The van der Waals surface area contributed by atoms with Gasteiger partial charge in [0.2, 0.25) is 0 Å². The summed E-state index contributed by atoms with van der Waals surface area (Å²) in [6.45, 7) is 0. The van der Waals surface area contributed by atoms with Crippen LogP contribution in [0.3, 0.4) is 0 Å². The van der Waals surface area contributed by atoms with Crippen LogP contribution in [0.1, 0.15) is 0 Å². The highest BCUT2D eigenvalue weighted by atomic mass is 32.1. The van der Waals surface area contributed by atoms with Gasteiger partial charge in [0.1, 0.15) is 5.69 Å². The number of rotatable bonds is 3. The van der Waals surface area contributed by atoms with Crippen LogP contribution < -0.4 is 0 Å². The van der Waals surface area contributed by atoms with Gasteiger partial charge in [-0.15, -0.1) is 0 Å². The van der Waals surface area contributed by atoms with Gasteiger partial charge >= 0.3 is 0 Å². The Balaban J connectivity index is 1.53. The van der Waals surface area contributed by atoms with Gasteiger partial charge in [-0.05, 0) is 34.5 Å². The van der Waals surface area contributed by atoms with Crippen molar-refractivity contribution in [3.63, 3.8) is 0 Å². The molecule has 0 fully saturated rings. The molecule has 29 heavy (non-hydrogen) atoms. The number of nitrogens with zero attached hydrogens (tertiary/aromatic N) is 6. The van der Waals surface area contributed by atoms with E-state index in [1.807, 2.05) is 25.5 Å². The Kier molecular flexibility index (Phi) is 3.38. The fourth-order valence-corrected chi connectivity index (χ4v) is 4.15. The summed E-state index contributed by atoms with van der Waals surface area (Å²) in [4.78, 5) is 17.0. The summed E-state index contributed by atoms with van der Waals surface area (Å²) in [5.41, 5.74) is 7.19. The van der Waals surface area contributed by atoms with Crippen molar-refractivity contribution >= 4 is 33.5 Å². The summed E-state index contributed by atoms with van der Waals surface area (Å²) in [5.74, 6) is 0.683. The van der Waals surface area contributed by atoms with Gasteiger partial charge in [0.25, 0.3) is 0 Å². The SMILES string of the molecule is Cn1cc(-c2cnc3n[nH]c(-c4nc5nccc(-c6ccsc6)c5[nH]4)c3c2)cn1. The molecule has 0 aliphatic rings. The van der Waals surface area contributed by atoms with Crippen LogP contribution in [0.25, 0.3) is 56.0 Å². The van der Waals surface area contributed by atoms with E-state index in [1.54, 1.807) is 28.4 Å². The Labute approximate surface area is 168 Å². The van der Waals surface area contributed by atoms with Crippen molar-refractivity contribution in [1.82, 2.24) is 39.9 Å². The molecule has 0 aliphatic carbocycles. The van der Waals surface area contributed by atoms with Gasteiger partial charge < -0.3 is 4.98 Å². The second-order valence-electron chi connectivity index (χ2n) is 6.75. The third kappa shape index (κ3) is 2.55. The van der Waals surface area contributed by atoms with Gasteiger partial charge in [0.15, 0.2) is 17.1 Å². The molecule has 0 aliphatic heterocycles.